The molecule has 10 heteroatoms. The Morgan fingerprint density at radius 3 is 2.22 bits per heavy atom. The van der Waals surface area contributed by atoms with Crippen LogP contribution in [0, 0.1) is 0 Å². The third-order valence-corrected chi connectivity index (χ3v) is 8.91. The summed E-state index contributed by atoms with van der Waals surface area (Å²) in [5.41, 5.74) is 2.08. The van der Waals surface area contributed by atoms with Gasteiger partial charge in [0.2, 0.25) is 15.7 Å². The van der Waals surface area contributed by atoms with E-state index < -0.39 is 26.2 Å². The summed E-state index contributed by atoms with van der Waals surface area (Å²) in [6.07, 6.45) is 3.75. The van der Waals surface area contributed by atoms with Gasteiger partial charge in [-0.15, -0.1) is 0 Å². The Kier molecular flexibility index (Phi) is 7.59. The zero-order chi connectivity index (χ0) is 29.3. The summed E-state index contributed by atoms with van der Waals surface area (Å²) in [5.74, 6) is -0.0628. The lowest BCUT2D eigenvalue weighted by atomic mass is 10.0. The minimum Gasteiger partial charge on any atom is -0.494 e. The first-order chi connectivity index (χ1) is 19.7. The fourth-order valence-electron chi connectivity index (χ4n) is 4.96. The molecule has 2 heterocycles. The maximum atomic E-state index is 14.0. The fraction of sp³-hybridized carbons (Fsp3) is 0.226. The molecule has 0 fully saturated rings. The number of methoxy groups -OCH3 is 2. The van der Waals surface area contributed by atoms with Gasteiger partial charge in [-0.25, -0.2) is 8.42 Å². The van der Waals surface area contributed by atoms with Crippen LogP contribution >= 0.6 is 0 Å². The molecule has 0 aliphatic carbocycles. The molecule has 0 atom stereocenters. The number of hydrogen-bond acceptors (Lipinski definition) is 7. The van der Waals surface area contributed by atoms with E-state index in [0.29, 0.717) is 24.3 Å². The zero-order valence-corrected chi connectivity index (χ0v) is 24.1. The predicted molar refractivity (Wildman–Crippen MR) is 157 cm³/mol. The Labute approximate surface area is 238 Å². The van der Waals surface area contributed by atoms with Crippen molar-refractivity contribution in [3.8, 4) is 34.2 Å². The van der Waals surface area contributed by atoms with Gasteiger partial charge in [-0.2, -0.15) is 4.98 Å². The molecule has 2 aromatic heterocycles. The number of ether oxygens (including phenoxy) is 2. The van der Waals surface area contributed by atoms with Gasteiger partial charge in [-0.3, -0.25) is 9.36 Å². The van der Waals surface area contributed by atoms with E-state index in [0.717, 1.165) is 28.5 Å². The molecule has 0 unspecified atom stereocenters. The number of aromatic nitrogens is 3. The third kappa shape index (κ3) is 4.95. The van der Waals surface area contributed by atoms with Gasteiger partial charge < -0.3 is 19.1 Å². The predicted octanol–water partition coefficient (Wildman–Crippen LogP) is 5.29. The van der Waals surface area contributed by atoms with Crippen molar-refractivity contribution in [2.24, 2.45) is 7.05 Å². The van der Waals surface area contributed by atoms with Gasteiger partial charge in [-0.05, 0) is 60.0 Å². The first kappa shape index (κ1) is 28.0. The van der Waals surface area contributed by atoms with E-state index in [1.165, 1.54) is 30.9 Å². The van der Waals surface area contributed by atoms with Crippen molar-refractivity contribution in [2.75, 3.05) is 14.2 Å². The highest BCUT2D eigenvalue weighted by molar-refractivity contribution is 7.91. The van der Waals surface area contributed by atoms with Crippen LogP contribution in [0.25, 0.3) is 27.7 Å². The normalized spacial score (nSPS) is 11.6. The van der Waals surface area contributed by atoms with Gasteiger partial charge in [0, 0.05) is 30.6 Å². The summed E-state index contributed by atoms with van der Waals surface area (Å²) in [5, 5.41) is 11.9. The van der Waals surface area contributed by atoms with Crippen LogP contribution in [-0.2, 0) is 23.3 Å². The maximum Gasteiger partial charge on any atom is 0.281 e. The lowest BCUT2D eigenvalue weighted by Crippen LogP contribution is -2.29. The number of hydrogen-bond donors (Lipinski definition) is 1. The second kappa shape index (κ2) is 11.1. The van der Waals surface area contributed by atoms with Crippen molar-refractivity contribution in [1.82, 2.24) is 14.1 Å². The van der Waals surface area contributed by atoms with Gasteiger partial charge in [0.05, 0.1) is 19.1 Å². The van der Waals surface area contributed by atoms with Crippen LogP contribution in [0.2, 0.25) is 0 Å². The van der Waals surface area contributed by atoms with Crippen LogP contribution < -0.4 is 15.0 Å². The van der Waals surface area contributed by atoms with Gasteiger partial charge in [0.1, 0.15) is 23.0 Å². The molecule has 0 aliphatic rings. The minimum atomic E-state index is -4.47. The van der Waals surface area contributed by atoms with Crippen molar-refractivity contribution in [1.29, 1.82) is 0 Å². The minimum absolute atomic E-state index is 0.143. The van der Waals surface area contributed by atoms with Crippen molar-refractivity contribution in [3.05, 3.63) is 89.1 Å². The standard InChI is InChI=1S/C31H31N3O6S/c1-5-6-10-27-32-30(35)29(31(36)34(27)28-25(39-3)8-7-9-26(28)40-4)41(37,38)23-14-11-20(12-15-23)21-13-16-24-22(19-21)17-18-33(24)2/h7-9,11-19,35H,5-6,10H2,1-4H3. The van der Waals surface area contributed by atoms with E-state index in [4.69, 9.17) is 9.47 Å². The van der Waals surface area contributed by atoms with E-state index in [-0.39, 0.29) is 16.4 Å². The van der Waals surface area contributed by atoms with Crippen LogP contribution in [-0.4, -0.2) is 41.9 Å². The van der Waals surface area contributed by atoms with E-state index in [1.54, 1.807) is 30.3 Å². The maximum absolute atomic E-state index is 14.0. The van der Waals surface area contributed by atoms with Crippen LogP contribution in [0.1, 0.15) is 25.6 Å². The zero-order valence-electron chi connectivity index (χ0n) is 23.3. The molecule has 0 spiro atoms. The van der Waals surface area contributed by atoms with Crippen molar-refractivity contribution in [2.45, 2.75) is 36.0 Å². The van der Waals surface area contributed by atoms with Crippen molar-refractivity contribution >= 4 is 20.7 Å². The molecule has 0 bridgehead atoms. The average Bonchev–Trinajstić information content (AvgIpc) is 3.35. The van der Waals surface area contributed by atoms with Crippen LogP contribution in [0.15, 0.2) is 87.5 Å². The lowest BCUT2D eigenvalue weighted by molar-refractivity contribution is 0.386. The Morgan fingerprint density at radius 2 is 1.59 bits per heavy atom. The van der Waals surface area contributed by atoms with Gasteiger partial charge >= 0.3 is 0 Å². The number of para-hydroxylation sites is 1. The number of unbranched alkanes of at least 4 members (excludes halogenated alkanes) is 1. The summed E-state index contributed by atoms with van der Waals surface area (Å²) in [4.78, 5) is 17.3. The quantitative estimate of drug-likeness (QED) is 0.255. The molecule has 3 aromatic carbocycles. The Morgan fingerprint density at radius 1 is 0.927 bits per heavy atom. The molecule has 0 saturated heterocycles. The SMILES string of the molecule is CCCCc1nc(O)c(S(=O)(=O)c2ccc(-c3ccc4c(ccn4C)c3)cc2)c(=O)n1-c1c(OC)cccc1OC. The third-order valence-electron chi connectivity index (χ3n) is 7.12. The number of benzene rings is 3. The Bertz CT molecular complexity index is 1890. The number of aryl methyl sites for hydroxylation is 2. The molecule has 0 radical (unpaired) electrons. The number of rotatable bonds is 9. The molecule has 0 aliphatic heterocycles. The number of fused-ring (bicyclic) bond motifs is 1. The highest BCUT2D eigenvalue weighted by Gasteiger charge is 2.31. The topological polar surface area (TPSA) is 113 Å². The largest absolute Gasteiger partial charge is 0.494 e. The number of nitrogens with zero attached hydrogens (tertiary/aromatic N) is 3. The lowest BCUT2D eigenvalue weighted by Gasteiger charge is -2.19. The summed E-state index contributed by atoms with van der Waals surface area (Å²) in [6.45, 7) is 1.98. The van der Waals surface area contributed by atoms with Crippen LogP contribution in [0.4, 0.5) is 0 Å². The monoisotopic (exact) mass is 573 g/mol. The number of sulfone groups is 1. The fourth-order valence-corrected chi connectivity index (χ4v) is 6.30. The summed E-state index contributed by atoms with van der Waals surface area (Å²) in [6, 6.07) is 19.2. The summed E-state index contributed by atoms with van der Waals surface area (Å²) >= 11 is 0. The number of aromatic hydroxyl groups is 1. The molecule has 212 valence electrons. The second-order valence-electron chi connectivity index (χ2n) is 9.66. The average molecular weight is 574 g/mol. The molecule has 0 saturated carbocycles. The van der Waals surface area contributed by atoms with Gasteiger partial charge in [0.15, 0.2) is 4.90 Å². The summed E-state index contributed by atoms with van der Waals surface area (Å²) < 4.78 is 41.9. The molecular weight excluding hydrogens is 542 g/mol. The first-order valence-electron chi connectivity index (χ1n) is 13.2. The molecule has 5 aromatic rings. The molecule has 0 amide bonds. The smallest absolute Gasteiger partial charge is 0.281 e. The Hall–Kier alpha value is -4.57. The Balaban J connectivity index is 1.65. The van der Waals surface area contributed by atoms with E-state index in [2.05, 4.69) is 4.98 Å². The van der Waals surface area contributed by atoms with E-state index >= 15 is 0 Å². The first-order valence-corrected chi connectivity index (χ1v) is 14.7. The van der Waals surface area contributed by atoms with Gasteiger partial charge in [0.25, 0.3) is 5.56 Å². The van der Waals surface area contributed by atoms with E-state index in [9.17, 15) is 18.3 Å². The summed E-state index contributed by atoms with van der Waals surface area (Å²) in [7, 11) is 0.388. The highest BCUT2D eigenvalue weighted by Crippen LogP contribution is 2.35. The highest BCUT2D eigenvalue weighted by atomic mass is 32.2. The van der Waals surface area contributed by atoms with Crippen LogP contribution in [0.5, 0.6) is 17.4 Å². The second-order valence-corrected chi connectivity index (χ2v) is 11.6. The molecule has 1 N–H and O–H groups in total. The molecule has 41 heavy (non-hydrogen) atoms. The van der Waals surface area contributed by atoms with Crippen LogP contribution in [0.3, 0.4) is 0 Å². The van der Waals surface area contributed by atoms with E-state index in [1.807, 2.05) is 49.0 Å². The van der Waals surface area contributed by atoms with Crippen molar-refractivity contribution < 1.29 is 23.0 Å². The molecule has 9 nitrogen and oxygen atoms in total. The molecule has 5 rings (SSSR count). The van der Waals surface area contributed by atoms with Gasteiger partial charge in [-0.1, -0.05) is 37.6 Å². The molecular formula is C31H31N3O6S. The van der Waals surface area contributed by atoms with Crippen molar-refractivity contribution in [3.63, 3.8) is 0 Å².